The van der Waals surface area contributed by atoms with Crippen molar-refractivity contribution in [1.29, 1.82) is 0 Å². The molecular weight excluding hydrogens is 172 g/mol. The van der Waals surface area contributed by atoms with Crippen LogP contribution in [-0.2, 0) is 5.41 Å². The van der Waals surface area contributed by atoms with Gasteiger partial charge in [0, 0.05) is 0 Å². The summed E-state index contributed by atoms with van der Waals surface area (Å²) >= 11 is 0. The average molecular weight is 192 g/mol. The van der Waals surface area contributed by atoms with E-state index in [2.05, 4.69) is 26.8 Å². The number of rotatable bonds is 3. The molecule has 0 bridgehead atoms. The zero-order chi connectivity index (χ0) is 10.8. The summed E-state index contributed by atoms with van der Waals surface area (Å²) < 4.78 is 0. The lowest BCUT2D eigenvalue weighted by Crippen LogP contribution is -2.18. The summed E-state index contributed by atoms with van der Waals surface area (Å²) in [6.45, 7) is 8.44. The van der Waals surface area contributed by atoms with Crippen molar-refractivity contribution in [3.8, 4) is 0 Å². The highest BCUT2D eigenvalue weighted by atomic mass is 16.3. The minimum absolute atomic E-state index is 0.146. The SMILES string of the molecule is CCC(C)(C)c1ccccc1[C@H](C)O. The van der Waals surface area contributed by atoms with Gasteiger partial charge in [-0.3, -0.25) is 0 Å². The summed E-state index contributed by atoms with van der Waals surface area (Å²) in [5.74, 6) is 0. The van der Waals surface area contributed by atoms with Crippen LogP contribution in [0.4, 0.5) is 0 Å². The van der Waals surface area contributed by atoms with Gasteiger partial charge in [-0.05, 0) is 29.9 Å². The maximum atomic E-state index is 9.66. The van der Waals surface area contributed by atoms with Crippen LogP contribution in [0.15, 0.2) is 24.3 Å². The maximum absolute atomic E-state index is 9.66. The Bertz CT molecular complexity index is 300. The van der Waals surface area contributed by atoms with Crippen molar-refractivity contribution < 1.29 is 5.11 Å². The lowest BCUT2D eigenvalue weighted by molar-refractivity contribution is 0.196. The predicted molar refractivity (Wildman–Crippen MR) is 60.4 cm³/mol. The second kappa shape index (κ2) is 4.14. The summed E-state index contributed by atoms with van der Waals surface area (Å²) in [4.78, 5) is 0. The van der Waals surface area contributed by atoms with Crippen molar-refractivity contribution in [1.82, 2.24) is 0 Å². The second-order valence-corrected chi connectivity index (χ2v) is 4.50. The van der Waals surface area contributed by atoms with Crippen LogP contribution in [0.2, 0.25) is 0 Å². The van der Waals surface area contributed by atoms with E-state index in [0.717, 1.165) is 12.0 Å². The smallest absolute Gasteiger partial charge is 0.0764 e. The fraction of sp³-hybridized carbons (Fsp3) is 0.538. The normalized spacial score (nSPS) is 14.1. The molecule has 1 N–H and O–H groups in total. The zero-order valence-electron chi connectivity index (χ0n) is 9.54. The topological polar surface area (TPSA) is 20.2 Å². The third-order valence-electron chi connectivity index (χ3n) is 3.02. The standard InChI is InChI=1S/C13H20O/c1-5-13(3,4)12-9-7-6-8-11(12)10(2)14/h6-10,14H,5H2,1-4H3/t10-/m0/s1. The highest BCUT2D eigenvalue weighted by molar-refractivity contribution is 5.34. The molecular formula is C13H20O. The minimum Gasteiger partial charge on any atom is -0.389 e. The van der Waals surface area contributed by atoms with Gasteiger partial charge in [-0.15, -0.1) is 0 Å². The summed E-state index contributed by atoms with van der Waals surface area (Å²) in [6, 6.07) is 8.15. The molecule has 78 valence electrons. The number of hydrogen-bond donors (Lipinski definition) is 1. The lowest BCUT2D eigenvalue weighted by atomic mass is 9.79. The minimum atomic E-state index is -0.378. The molecule has 0 amide bonds. The Morgan fingerprint density at radius 1 is 1.29 bits per heavy atom. The van der Waals surface area contributed by atoms with Crippen molar-refractivity contribution in [2.75, 3.05) is 0 Å². The van der Waals surface area contributed by atoms with Gasteiger partial charge < -0.3 is 5.11 Å². The Hall–Kier alpha value is -0.820. The summed E-state index contributed by atoms with van der Waals surface area (Å²) in [5, 5.41) is 9.66. The highest BCUT2D eigenvalue weighted by Gasteiger charge is 2.22. The Labute approximate surface area is 86.8 Å². The molecule has 0 spiro atoms. The summed E-state index contributed by atoms with van der Waals surface area (Å²) in [6.07, 6.45) is 0.702. The molecule has 14 heavy (non-hydrogen) atoms. The number of aliphatic hydroxyl groups excluding tert-OH is 1. The van der Waals surface area contributed by atoms with Gasteiger partial charge in [0.25, 0.3) is 0 Å². The first kappa shape index (κ1) is 11.3. The third-order valence-corrected chi connectivity index (χ3v) is 3.02. The first-order chi connectivity index (χ1) is 6.49. The van der Waals surface area contributed by atoms with Crippen LogP contribution >= 0.6 is 0 Å². The molecule has 0 aliphatic carbocycles. The van der Waals surface area contributed by atoms with Crippen LogP contribution in [-0.4, -0.2) is 5.11 Å². The maximum Gasteiger partial charge on any atom is 0.0764 e. The van der Waals surface area contributed by atoms with Gasteiger partial charge in [-0.2, -0.15) is 0 Å². The van der Waals surface area contributed by atoms with Crippen molar-refractivity contribution >= 4 is 0 Å². The van der Waals surface area contributed by atoms with E-state index in [1.54, 1.807) is 0 Å². The number of aliphatic hydroxyl groups is 1. The lowest BCUT2D eigenvalue weighted by Gasteiger charge is -2.27. The molecule has 1 atom stereocenters. The van der Waals surface area contributed by atoms with Gasteiger partial charge in [-0.25, -0.2) is 0 Å². The highest BCUT2D eigenvalue weighted by Crippen LogP contribution is 2.32. The van der Waals surface area contributed by atoms with E-state index in [-0.39, 0.29) is 11.5 Å². The van der Waals surface area contributed by atoms with Crippen LogP contribution in [0.5, 0.6) is 0 Å². The third kappa shape index (κ3) is 2.16. The largest absolute Gasteiger partial charge is 0.389 e. The molecule has 0 saturated heterocycles. The molecule has 1 heteroatoms. The molecule has 1 nitrogen and oxygen atoms in total. The monoisotopic (exact) mass is 192 g/mol. The van der Waals surface area contributed by atoms with E-state index in [1.165, 1.54) is 5.56 Å². The molecule has 0 unspecified atom stereocenters. The van der Waals surface area contributed by atoms with E-state index >= 15 is 0 Å². The van der Waals surface area contributed by atoms with Crippen LogP contribution < -0.4 is 0 Å². The molecule has 1 aromatic carbocycles. The van der Waals surface area contributed by atoms with E-state index < -0.39 is 0 Å². The van der Waals surface area contributed by atoms with E-state index in [1.807, 2.05) is 25.1 Å². The quantitative estimate of drug-likeness (QED) is 0.778. The zero-order valence-corrected chi connectivity index (χ0v) is 9.54. The van der Waals surface area contributed by atoms with Gasteiger partial charge in [-0.1, -0.05) is 45.0 Å². The van der Waals surface area contributed by atoms with Gasteiger partial charge in [0.05, 0.1) is 6.10 Å². The molecule has 0 fully saturated rings. The Balaban J connectivity index is 3.20. The summed E-state index contributed by atoms with van der Waals surface area (Å²) in [7, 11) is 0. The van der Waals surface area contributed by atoms with Gasteiger partial charge in [0.15, 0.2) is 0 Å². The van der Waals surface area contributed by atoms with Crippen LogP contribution in [0.25, 0.3) is 0 Å². The Morgan fingerprint density at radius 3 is 2.36 bits per heavy atom. The van der Waals surface area contributed by atoms with Crippen LogP contribution in [0, 0.1) is 0 Å². The Kier molecular flexibility index (Phi) is 3.33. The van der Waals surface area contributed by atoms with E-state index in [4.69, 9.17) is 0 Å². The van der Waals surface area contributed by atoms with Gasteiger partial charge in [0.1, 0.15) is 0 Å². The summed E-state index contributed by atoms with van der Waals surface area (Å²) in [5.41, 5.74) is 2.46. The molecule has 0 saturated carbocycles. The number of benzene rings is 1. The number of hydrogen-bond acceptors (Lipinski definition) is 1. The van der Waals surface area contributed by atoms with Gasteiger partial charge in [0.2, 0.25) is 0 Å². The molecule has 1 aromatic rings. The average Bonchev–Trinajstić information content (AvgIpc) is 2.18. The van der Waals surface area contributed by atoms with E-state index in [0.29, 0.717) is 0 Å². The molecule has 0 aliphatic heterocycles. The van der Waals surface area contributed by atoms with Crippen LogP contribution in [0.3, 0.4) is 0 Å². The molecule has 0 radical (unpaired) electrons. The van der Waals surface area contributed by atoms with Crippen molar-refractivity contribution in [2.24, 2.45) is 0 Å². The van der Waals surface area contributed by atoms with Crippen molar-refractivity contribution in [3.05, 3.63) is 35.4 Å². The molecule has 0 aromatic heterocycles. The first-order valence-corrected chi connectivity index (χ1v) is 5.26. The molecule has 1 rings (SSSR count). The predicted octanol–water partition coefficient (Wildman–Crippen LogP) is 3.43. The second-order valence-electron chi connectivity index (χ2n) is 4.50. The van der Waals surface area contributed by atoms with Crippen molar-refractivity contribution in [2.45, 2.75) is 45.6 Å². The van der Waals surface area contributed by atoms with Crippen LogP contribution in [0.1, 0.15) is 51.3 Å². The van der Waals surface area contributed by atoms with Crippen molar-refractivity contribution in [3.63, 3.8) is 0 Å². The fourth-order valence-corrected chi connectivity index (χ4v) is 1.67. The molecule has 0 heterocycles. The molecule has 0 aliphatic rings. The van der Waals surface area contributed by atoms with E-state index in [9.17, 15) is 5.11 Å². The fourth-order valence-electron chi connectivity index (χ4n) is 1.67. The first-order valence-electron chi connectivity index (χ1n) is 5.26. The van der Waals surface area contributed by atoms with Gasteiger partial charge >= 0.3 is 0 Å². The Morgan fingerprint density at radius 2 is 1.86 bits per heavy atom.